The molecular formula is C7H7O7V. The molecule has 0 aliphatic heterocycles. The summed E-state index contributed by atoms with van der Waals surface area (Å²) >= 11 is 0. The van der Waals surface area contributed by atoms with Gasteiger partial charge in [-0.25, -0.2) is 0 Å². The molecule has 15 heavy (non-hydrogen) atoms. The molecule has 0 spiro atoms. The molecule has 0 fully saturated rings. The van der Waals surface area contributed by atoms with Crippen LogP contribution in [-0.4, -0.2) is 35.0 Å². The van der Waals surface area contributed by atoms with E-state index < -0.39 is 45.6 Å². The molecule has 0 unspecified atom stereocenters. The maximum absolute atomic E-state index is 10.9. The van der Waals surface area contributed by atoms with Crippen LogP contribution >= 0.6 is 0 Å². The van der Waals surface area contributed by atoms with Crippen molar-refractivity contribution in [3.63, 3.8) is 0 Å². The van der Waals surface area contributed by atoms with Gasteiger partial charge in [-0.15, -0.1) is 0 Å². The third-order valence-corrected chi connectivity index (χ3v) is 10.5. The summed E-state index contributed by atoms with van der Waals surface area (Å²) in [6, 6.07) is 0. The van der Waals surface area contributed by atoms with Crippen LogP contribution in [0.4, 0.5) is 0 Å². The van der Waals surface area contributed by atoms with Crippen LogP contribution in [-0.2, 0) is 44.2 Å². The minimum atomic E-state index is -7.81. The molecular weight excluding hydrogens is 247 g/mol. The van der Waals surface area contributed by atoms with Gasteiger partial charge in [0.25, 0.3) is 0 Å². The van der Waals surface area contributed by atoms with Crippen LogP contribution in [0.5, 0.6) is 0 Å². The van der Waals surface area contributed by atoms with Crippen molar-refractivity contribution >= 4 is 35.0 Å². The molecule has 0 rings (SSSR count). The summed E-state index contributed by atoms with van der Waals surface area (Å²) < 4.78 is 0. The van der Waals surface area contributed by atoms with Gasteiger partial charge in [-0.3, -0.25) is 0 Å². The van der Waals surface area contributed by atoms with Gasteiger partial charge >= 0.3 is 79.2 Å². The number of hydrogen-bond acceptors (Lipinski definition) is 7. The van der Waals surface area contributed by atoms with Crippen LogP contribution < -0.4 is 0 Å². The second-order valence-corrected chi connectivity index (χ2v) is 15.9. The number of carbonyl (C=O) groups is 7. The molecule has 0 amide bonds. The maximum atomic E-state index is 10.9. The summed E-state index contributed by atoms with van der Waals surface area (Å²) in [4.78, 5) is 71.1. The first-order chi connectivity index (χ1) is 6.82. The van der Waals surface area contributed by atoms with Crippen LogP contribution in [0, 0.1) is 0 Å². The van der Waals surface area contributed by atoms with Crippen molar-refractivity contribution < 1.29 is 44.2 Å². The molecule has 0 aromatic carbocycles. The average Bonchev–Trinajstić information content (AvgIpc) is 2.38. The monoisotopic (exact) mass is 254 g/mol. The second-order valence-electron chi connectivity index (χ2n) is 3.87. The van der Waals surface area contributed by atoms with E-state index in [4.69, 9.17) is 0 Å². The molecule has 0 aliphatic rings. The molecule has 0 aromatic heterocycles. The predicted octanol–water partition coefficient (Wildman–Crippen LogP) is -1.92. The molecule has 0 saturated heterocycles. The summed E-state index contributed by atoms with van der Waals surface area (Å²) in [7, 11) is -7.81. The molecule has 0 heterocycles. The van der Waals surface area contributed by atoms with Crippen molar-refractivity contribution in [2.75, 3.05) is 0 Å². The van der Waals surface area contributed by atoms with Gasteiger partial charge < -0.3 is 0 Å². The zero-order valence-corrected chi connectivity index (χ0v) is 8.74. The topological polar surface area (TPSA) is 119 Å². The molecule has 0 saturated carbocycles. The van der Waals surface area contributed by atoms with E-state index in [1.54, 1.807) is 0 Å². The molecule has 7 nitrogen and oxygen atoms in total. The van der Waals surface area contributed by atoms with Gasteiger partial charge in [0.15, 0.2) is 0 Å². The molecule has 0 aliphatic carbocycles. The Kier molecular flexibility index (Phi) is 2.00. The Hall–Kier alpha value is -1.73. The molecule has 0 N–H and O–H groups in total. The Balaban J connectivity index is 7.49. The normalized spacial score (nSPS) is 17.7. The van der Waals surface area contributed by atoms with Crippen molar-refractivity contribution in [1.82, 2.24) is 0 Å². The van der Waals surface area contributed by atoms with Crippen LogP contribution in [0.3, 0.4) is 0 Å². The molecule has 0 aromatic rings. The average molecular weight is 254 g/mol. The number of carbonyl (C=O) groups excluding carboxylic acids is 7. The van der Waals surface area contributed by atoms with E-state index in [0.717, 1.165) is 0 Å². The van der Waals surface area contributed by atoms with E-state index in [1.165, 1.54) is 0 Å². The molecule has 0 radical (unpaired) electrons. The predicted molar refractivity (Wildman–Crippen MR) is 47.3 cm³/mol. The Morgan fingerprint density at radius 2 is 0.533 bits per heavy atom. The van der Waals surface area contributed by atoms with Gasteiger partial charge in [-0.05, 0) is 0 Å². The zero-order chi connectivity index (χ0) is 12.3. The van der Waals surface area contributed by atoms with Gasteiger partial charge in [0.2, 0.25) is 0 Å². The van der Waals surface area contributed by atoms with E-state index in [-0.39, 0.29) is 0 Å². The van der Waals surface area contributed by atoms with Gasteiger partial charge in [0, 0.05) is 0 Å². The van der Waals surface area contributed by atoms with Crippen molar-refractivity contribution in [2.45, 2.75) is 0 Å². The van der Waals surface area contributed by atoms with Crippen molar-refractivity contribution in [2.24, 2.45) is 0 Å². The van der Waals surface area contributed by atoms with E-state index in [0.29, 0.717) is 0 Å². The summed E-state index contributed by atoms with van der Waals surface area (Å²) in [5.74, 6) is 0. The summed E-state index contributed by atoms with van der Waals surface area (Å²) in [5, 5.41) is 0. The second kappa shape index (κ2) is 2.26. The standard InChI is InChI=1S/7CHO.V/c7*1-2;/h7*1H;. The number of hydrogen-bond donors (Lipinski definition) is 0. The third kappa shape index (κ3) is 0.799. The van der Waals surface area contributed by atoms with Gasteiger partial charge in [0.1, 0.15) is 0 Å². The first-order valence-electron chi connectivity index (χ1n) is 3.46. The molecule has 8 heteroatoms. The SMILES string of the molecule is O=[CH][V]([CH]=O)([CH]=O)([CH]=O)([CH]=O)([CH]=O)[CH]=O. The first kappa shape index (κ1) is 13.3. The Morgan fingerprint density at radius 3 is 0.533 bits per heavy atom. The Morgan fingerprint density at radius 1 is 0.400 bits per heavy atom. The molecule has 82 valence electrons. The van der Waals surface area contributed by atoms with Gasteiger partial charge in [0.05, 0.1) is 0 Å². The van der Waals surface area contributed by atoms with E-state index in [9.17, 15) is 33.6 Å². The van der Waals surface area contributed by atoms with Crippen LogP contribution in [0.25, 0.3) is 0 Å². The third-order valence-electron chi connectivity index (χ3n) is 2.56. The Labute approximate surface area is 79.7 Å². The number of rotatable bonds is 7. The van der Waals surface area contributed by atoms with Crippen LogP contribution in [0.15, 0.2) is 0 Å². The van der Waals surface area contributed by atoms with Crippen molar-refractivity contribution in [1.29, 1.82) is 0 Å². The zero-order valence-electron chi connectivity index (χ0n) is 7.35. The quantitative estimate of drug-likeness (QED) is 0.485. The van der Waals surface area contributed by atoms with E-state index in [1.807, 2.05) is 0 Å². The summed E-state index contributed by atoms with van der Waals surface area (Å²) in [6.07, 6.45) is 0. The summed E-state index contributed by atoms with van der Waals surface area (Å²) in [6.45, 7) is 0. The fourth-order valence-electron chi connectivity index (χ4n) is 0.522. The van der Waals surface area contributed by atoms with Gasteiger partial charge in [-0.1, -0.05) is 0 Å². The first-order valence-corrected chi connectivity index (χ1v) is 9.10. The van der Waals surface area contributed by atoms with Crippen molar-refractivity contribution in [3.8, 4) is 0 Å². The van der Waals surface area contributed by atoms with Crippen molar-refractivity contribution in [3.05, 3.63) is 0 Å². The molecule has 0 bridgehead atoms. The van der Waals surface area contributed by atoms with Crippen LogP contribution in [0.1, 0.15) is 0 Å². The summed E-state index contributed by atoms with van der Waals surface area (Å²) in [5.41, 5.74) is 0. The fraction of sp³-hybridized carbons (Fsp3) is 0. The van der Waals surface area contributed by atoms with Crippen LogP contribution in [0.2, 0.25) is 0 Å². The van der Waals surface area contributed by atoms with Gasteiger partial charge in [-0.2, -0.15) is 0 Å². The van der Waals surface area contributed by atoms with E-state index >= 15 is 0 Å². The van der Waals surface area contributed by atoms with E-state index in [2.05, 4.69) is 0 Å². The Bertz CT molecular complexity index is 307. The minimum absolute atomic E-state index is 0.705. The fourth-order valence-corrected chi connectivity index (χ4v) is 2.15. The molecule has 0 atom stereocenters.